The van der Waals surface area contributed by atoms with Gasteiger partial charge in [-0.1, -0.05) is 48.0 Å². The molecule has 0 amide bonds. The van der Waals surface area contributed by atoms with E-state index in [0.29, 0.717) is 6.54 Å². The lowest BCUT2D eigenvalue weighted by molar-refractivity contribution is -0.137. The Hall–Kier alpha value is -2.60. The van der Waals surface area contributed by atoms with E-state index < -0.39 is 22.3 Å². The maximum Gasteiger partial charge on any atom is 0.417 e. The van der Waals surface area contributed by atoms with Gasteiger partial charge in [0.2, 0.25) is 0 Å². The summed E-state index contributed by atoms with van der Waals surface area (Å²) in [4.78, 5) is 15.6. The molecule has 0 saturated heterocycles. The monoisotopic (exact) mass is 364 g/mol. The predicted octanol–water partition coefficient (Wildman–Crippen LogP) is 4.63. The van der Waals surface area contributed by atoms with E-state index in [1.807, 2.05) is 30.3 Å². The fraction of sp³-hybridized carbons (Fsp3) is 0.111. The highest BCUT2D eigenvalue weighted by atomic mass is 35.5. The van der Waals surface area contributed by atoms with E-state index in [-0.39, 0.29) is 11.4 Å². The zero-order valence-corrected chi connectivity index (χ0v) is 13.6. The highest BCUT2D eigenvalue weighted by molar-refractivity contribution is 6.34. The number of benzene rings is 2. The number of alkyl halides is 3. The predicted molar refractivity (Wildman–Crippen MR) is 89.5 cm³/mol. The minimum atomic E-state index is -4.59. The van der Waals surface area contributed by atoms with Gasteiger partial charge in [0.15, 0.2) is 0 Å². The van der Waals surface area contributed by atoms with Gasteiger partial charge < -0.3 is 4.57 Å². The molecule has 2 aromatic carbocycles. The highest BCUT2D eigenvalue weighted by Crippen LogP contribution is 2.39. The summed E-state index contributed by atoms with van der Waals surface area (Å²) in [5, 5.41) is -0.477. The quantitative estimate of drug-likeness (QED) is 0.679. The van der Waals surface area contributed by atoms with Gasteiger partial charge in [-0.3, -0.25) is 4.79 Å². The summed E-state index contributed by atoms with van der Waals surface area (Å²) in [5.74, 6) is 0.0902. The van der Waals surface area contributed by atoms with Gasteiger partial charge in [0.25, 0.3) is 5.56 Å². The molecule has 3 aromatic rings. The summed E-state index contributed by atoms with van der Waals surface area (Å²) >= 11 is 5.98. The van der Waals surface area contributed by atoms with Crippen LogP contribution >= 0.6 is 11.6 Å². The van der Waals surface area contributed by atoms with Crippen LogP contribution in [-0.2, 0) is 12.7 Å². The van der Waals surface area contributed by atoms with E-state index in [9.17, 15) is 18.0 Å². The molecule has 0 aliphatic carbocycles. The molecule has 7 heteroatoms. The van der Waals surface area contributed by atoms with Crippen LogP contribution in [0.25, 0.3) is 11.4 Å². The Labute approximate surface area is 146 Å². The van der Waals surface area contributed by atoms with E-state index in [1.54, 1.807) is 4.57 Å². The lowest BCUT2D eigenvalue weighted by Gasteiger charge is -2.16. The molecule has 0 N–H and O–H groups in total. The summed E-state index contributed by atoms with van der Waals surface area (Å²) in [6, 6.07) is 14.1. The number of halogens is 4. The molecular formula is C18H12ClF3N2O. The van der Waals surface area contributed by atoms with Crippen molar-refractivity contribution in [2.75, 3.05) is 0 Å². The van der Waals surface area contributed by atoms with Crippen LogP contribution in [0.3, 0.4) is 0 Å². The van der Waals surface area contributed by atoms with E-state index in [2.05, 4.69) is 4.98 Å². The molecule has 0 spiro atoms. The summed E-state index contributed by atoms with van der Waals surface area (Å²) in [6.07, 6.45) is -3.10. The van der Waals surface area contributed by atoms with Crippen molar-refractivity contribution in [1.29, 1.82) is 0 Å². The first-order valence-corrected chi connectivity index (χ1v) is 7.71. The minimum Gasteiger partial charge on any atom is -0.328 e. The van der Waals surface area contributed by atoms with Crippen LogP contribution in [-0.4, -0.2) is 9.55 Å². The Morgan fingerprint density at radius 1 is 1.00 bits per heavy atom. The van der Waals surface area contributed by atoms with Gasteiger partial charge in [-0.05, 0) is 17.7 Å². The van der Waals surface area contributed by atoms with Crippen LogP contribution in [0.2, 0.25) is 5.02 Å². The van der Waals surface area contributed by atoms with Gasteiger partial charge in [-0.2, -0.15) is 18.2 Å². The first-order valence-electron chi connectivity index (χ1n) is 7.34. The molecule has 1 heterocycles. The largest absolute Gasteiger partial charge is 0.417 e. The van der Waals surface area contributed by atoms with Crippen LogP contribution in [0, 0.1) is 0 Å². The Morgan fingerprint density at radius 3 is 2.40 bits per heavy atom. The topological polar surface area (TPSA) is 34.9 Å². The normalized spacial score (nSPS) is 11.5. The number of hydrogen-bond acceptors (Lipinski definition) is 2. The lowest BCUT2D eigenvalue weighted by atomic mass is 10.1. The van der Waals surface area contributed by atoms with Crippen molar-refractivity contribution >= 4 is 11.6 Å². The first kappa shape index (κ1) is 17.2. The molecule has 128 valence electrons. The van der Waals surface area contributed by atoms with E-state index in [1.165, 1.54) is 24.4 Å². The number of nitrogens with zero attached hydrogens (tertiary/aromatic N) is 2. The molecule has 0 aliphatic heterocycles. The molecule has 3 rings (SSSR count). The molecule has 3 nitrogen and oxygen atoms in total. The Balaban J connectivity index is 2.15. The molecule has 0 radical (unpaired) electrons. The van der Waals surface area contributed by atoms with E-state index in [4.69, 9.17) is 11.6 Å². The fourth-order valence-electron chi connectivity index (χ4n) is 2.48. The van der Waals surface area contributed by atoms with Crippen LogP contribution in [0.1, 0.15) is 11.1 Å². The number of rotatable bonds is 3. The number of aromatic nitrogens is 2. The van der Waals surface area contributed by atoms with Crippen LogP contribution in [0.15, 0.2) is 65.6 Å². The van der Waals surface area contributed by atoms with Crippen molar-refractivity contribution in [3.8, 4) is 11.4 Å². The minimum absolute atomic E-state index is 0.0603. The van der Waals surface area contributed by atoms with Crippen molar-refractivity contribution in [2.45, 2.75) is 12.7 Å². The summed E-state index contributed by atoms with van der Waals surface area (Å²) in [6.45, 7) is 0.343. The van der Waals surface area contributed by atoms with E-state index >= 15 is 0 Å². The van der Waals surface area contributed by atoms with Crippen molar-refractivity contribution in [3.05, 3.63) is 87.3 Å². The standard InChI is InChI=1S/C18H12ClF3N2O/c19-16-13(7-4-8-14(16)18(20,21)22)17-23-15(25)9-10-24(17)11-12-5-2-1-3-6-12/h1-10H,11H2. The van der Waals surface area contributed by atoms with Gasteiger partial charge in [-0.15, -0.1) is 0 Å². The summed E-state index contributed by atoms with van der Waals surface area (Å²) < 4.78 is 40.9. The lowest BCUT2D eigenvalue weighted by Crippen LogP contribution is -2.15. The average Bonchev–Trinajstić information content (AvgIpc) is 2.57. The van der Waals surface area contributed by atoms with E-state index in [0.717, 1.165) is 11.6 Å². The number of hydrogen-bond donors (Lipinski definition) is 0. The van der Waals surface area contributed by atoms with Crippen LogP contribution < -0.4 is 5.56 Å². The van der Waals surface area contributed by atoms with Gasteiger partial charge >= 0.3 is 6.18 Å². The zero-order chi connectivity index (χ0) is 18.0. The maximum atomic E-state index is 13.1. The van der Waals surface area contributed by atoms with Crippen molar-refractivity contribution in [3.63, 3.8) is 0 Å². The van der Waals surface area contributed by atoms with Crippen molar-refractivity contribution in [1.82, 2.24) is 9.55 Å². The summed E-state index contributed by atoms with van der Waals surface area (Å²) in [5.41, 5.74) is -0.536. The Kier molecular flexibility index (Phi) is 4.63. The molecule has 0 bridgehead atoms. The van der Waals surface area contributed by atoms with Crippen LogP contribution in [0.5, 0.6) is 0 Å². The first-order chi connectivity index (χ1) is 11.9. The third-order valence-electron chi connectivity index (χ3n) is 3.63. The van der Waals surface area contributed by atoms with Gasteiger partial charge in [0.05, 0.1) is 10.6 Å². The third-order valence-corrected chi connectivity index (χ3v) is 4.03. The smallest absolute Gasteiger partial charge is 0.328 e. The molecule has 25 heavy (non-hydrogen) atoms. The van der Waals surface area contributed by atoms with Crippen molar-refractivity contribution < 1.29 is 13.2 Å². The molecule has 0 aliphatic rings. The second kappa shape index (κ2) is 6.72. The molecular weight excluding hydrogens is 353 g/mol. The Morgan fingerprint density at radius 2 is 1.72 bits per heavy atom. The van der Waals surface area contributed by atoms with Gasteiger partial charge in [-0.25, -0.2) is 0 Å². The maximum absolute atomic E-state index is 13.1. The average molecular weight is 365 g/mol. The van der Waals surface area contributed by atoms with Gasteiger partial charge in [0.1, 0.15) is 5.82 Å². The SMILES string of the molecule is O=c1ccn(Cc2ccccc2)c(-c2cccc(C(F)(F)F)c2Cl)n1. The molecule has 0 atom stereocenters. The Bertz CT molecular complexity index is 953. The molecule has 0 unspecified atom stereocenters. The zero-order valence-electron chi connectivity index (χ0n) is 12.8. The third kappa shape index (κ3) is 3.74. The highest BCUT2D eigenvalue weighted by Gasteiger charge is 2.34. The molecule has 0 saturated carbocycles. The molecule has 0 fully saturated rings. The van der Waals surface area contributed by atoms with Crippen molar-refractivity contribution in [2.24, 2.45) is 0 Å². The second-order valence-electron chi connectivity index (χ2n) is 5.37. The fourth-order valence-corrected chi connectivity index (χ4v) is 2.79. The van der Waals surface area contributed by atoms with Crippen LogP contribution in [0.4, 0.5) is 13.2 Å². The van der Waals surface area contributed by atoms with Gasteiger partial charge in [0, 0.05) is 24.4 Å². The molecule has 1 aromatic heterocycles. The summed E-state index contributed by atoms with van der Waals surface area (Å²) in [7, 11) is 0. The second-order valence-corrected chi connectivity index (χ2v) is 5.75.